The summed E-state index contributed by atoms with van der Waals surface area (Å²) >= 11 is 0. The molecule has 0 saturated heterocycles. The summed E-state index contributed by atoms with van der Waals surface area (Å²) in [5.41, 5.74) is 2.19. The Morgan fingerprint density at radius 1 is 0.692 bits per heavy atom. The summed E-state index contributed by atoms with van der Waals surface area (Å²) in [6, 6.07) is 20.8. The second kappa shape index (κ2) is 14.7. The minimum Gasteiger partial charge on any atom is -0.490 e. The highest BCUT2D eigenvalue weighted by molar-refractivity contribution is 5.91. The van der Waals surface area contributed by atoms with Crippen molar-refractivity contribution >= 4 is 17.9 Å². The van der Waals surface area contributed by atoms with E-state index in [0.29, 0.717) is 22.8 Å². The molecule has 0 heterocycles. The zero-order chi connectivity index (χ0) is 28.0. The van der Waals surface area contributed by atoms with Crippen LogP contribution in [0.1, 0.15) is 10.4 Å². The molecule has 0 atom stereocenters. The standard InChI is InChI=1S/C30H28O9/c1-3-28(32)37-18-16-35-26-12-8-24(9-13-26)30(34)39-27-14-6-23(7-15-27)22-4-10-25(11-5-22)36-17-19-38-29(33)21(2)20-31/h3-15,31H,1-2,16-20H2. The van der Waals surface area contributed by atoms with E-state index in [-0.39, 0.29) is 32.0 Å². The molecule has 0 bridgehead atoms. The summed E-state index contributed by atoms with van der Waals surface area (Å²) < 4.78 is 26.2. The molecule has 0 aliphatic carbocycles. The molecule has 3 aromatic carbocycles. The van der Waals surface area contributed by atoms with Gasteiger partial charge in [-0.15, -0.1) is 0 Å². The van der Waals surface area contributed by atoms with Crippen LogP contribution in [0, 0.1) is 0 Å². The summed E-state index contributed by atoms with van der Waals surface area (Å²) in [4.78, 5) is 34.9. The number of hydrogen-bond donors (Lipinski definition) is 1. The molecule has 0 amide bonds. The van der Waals surface area contributed by atoms with E-state index in [1.165, 1.54) is 0 Å². The fraction of sp³-hybridized carbons (Fsp3) is 0.167. The minimum absolute atomic E-state index is 0.0112. The molecule has 0 spiro atoms. The highest BCUT2D eigenvalue weighted by Gasteiger charge is 2.10. The molecule has 1 N–H and O–H groups in total. The van der Waals surface area contributed by atoms with Crippen molar-refractivity contribution in [1.29, 1.82) is 0 Å². The van der Waals surface area contributed by atoms with Crippen molar-refractivity contribution in [1.82, 2.24) is 0 Å². The summed E-state index contributed by atoms with van der Waals surface area (Å²) in [7, 11) is 0. The highest BCUT2D eigenvalue weighted by atomic mass is 16.6. The first-order chi connectivity index (χ1) is 18.9. The van der Waals surface area contributed by atoms with Gasteiger partial charge in [-0.05, 0) is 59.7 Å². The van der Waals surface area contributed by atoms with Crippen LogP contribution < -0.4 is 14.2 Å². The van der Waals surface area contributed by atoms with Crippen LogP contribution in [0.25, 0.3) is 11.1 Å². The maximum Gasteiger partial charge on any atom is 0.343 e. The van der Waals surface area contributed by atoms with Gasteiger partial charge in [0.1, 0.15) is 43.7 Å². The van der Waals surface area contributed by atoms with Gasteiger partial charge in [0.15, 0.2) is 0 Å². The first-order valence-corrected chi connectivity index (χ1v) is 11.9. The van der Waals surface area contributed by atoms with E-state index in [9.17, 15) is 14.4 Å². The fourth-order valence-corrected chi connectivity index (χ4v) is 3.13. The van der Waals surface area contributed by atoms with Gasteiger partial charge < -0.3 is 28.8 Å². The Labute approximate surface area is 225 Å². The maximum atomic E-state index is 12.5. The molecular weight excluding hydrogens is 504 g/mol. The van der Waals surface area contributed by atoms with Crippen LogP contribution in [-0.4, -0.2) is 56.0 Å². The van der Waals surface area contributed by atoms with Crippen LogP contribution in [-0.2, 0) is 19.1 Å². The zero-order valence-electron chi connectivity index (χ0n) is 21.2. The molecule has 9 heteroatoms. The Kier molecular flexibility index (Phi) is 10.8. The first kappa shape index (κ1) is 28.7. The van der Waals surface area contributed by atoms with Gasteiger partial charge in [-0.1, -0.05) is 37.4 Å². The molecule has 39 heavy (non-hydrogen) atoms. The summed E-state index contributed by atoms with van der Waals surface area (Å²) in [5.74, 6) is -0.165. The lowest BCUT2D eigenvalue weighted by atomic mass is 10.1. The number of carbonyl (C=O) groups excluding carboxylic acids is 3. The lowest BCUT2D eigenvalue weighted by molar-refractivity contribution is -0.140. The molecule has 3 aromatic rings. The normalized spacial score (nSPS) is 10.2. The highest BCUT2D eigenvalue weighted by Crippen LogP contribution is 2.25. The van der Waals surface area contributed by atoms with Crippen molar-refractivity contribution in [3.05, 3.63) is 103 Å². The molecule has 0 aliphatic rings. The lowest BCUT2D eigenvalue weighted by Gasteiger charge is -2.09. The van der Waals surface area contributed by atoms with E-state index in [1.54, 1.807) is 48.5 Å². The average Bonchev–Trinajstić information content (AvgIpc) is 2.97. The Morgan fingerprint density at radius 2 is 1.18 bits per heavy atom. The van der Waals surface area contributed by atoms with Crippen molar-refractivity contribution in [2.45, 2.75) is 0 Å². The van der Waals surface area contributed by atoms with Gasteiger partial charge in [-0.25, -0.2) is 14.4 Å². The molecular formula is C30H28O9. The van der Waals surface area contributed by atoms with Crippen LogP contribution in [0.4, 0.5) is 0 Å². The van der Waals surface area contributed by atoms with E-state index in [4.69, 9.17) is 28.8 Å². The van der Waals surface area contributed by atoms with Crippen molar-refractivity contribution in [2.24, 2.45) is 0 Å². The summed E-state index contributed by atoms with van der Waals surface area (Å²) in [5, 5.41) is 8.84. The van der Waals surface area contributed by atoms with Crippen molar-refractivity contribution in [3.63, 3.8) is 0 Å². The largest absolute Gasteiger partial charge is 0.490 e. The Hall–Kier alpha value is -4.89. The van der Waals surface area contributed by atoms with Crippen LogP contribution in [0.2, 0.25) is 0 Å². The monoisotopic (exact) mass is 532 g/mol. The quantitative estimate of drug-likeness (QED) is 0.141. The van der Waals surface area contributed by atoms with Gasteiger partial charge in [0.2, 0.25) is 0 Å². The van der Waals surface area contributed by atoms with Crippen molar-refractivity contribution in [2.75, 3.05) is 33.0 Å². The first-order valence-electron chi connectivity index (χ1n) is 11.9. The second-order valence-corrected chi connectivity index (χ2v) is 7.93. The van der Waals surface area contributed by atoms with Gasteiger partial charge in [0.05, 0.1) is 17.7 Å². The van der Waals surface area contributed by atoms with Gasteiger partial charge >= 0.3 is 17.9 Å². The number of aliphatic hydroxyl groups is 1. The number of rotatable bonds is 14. The Morgan fingerprint density at radius 3 is 1.69 bits per heavy atom. The summed E-state index contributed by atoms with van der Waals surface area (Å²) in [6.07, 6.45) is 1.08. The topological polar surface area (TPSA) is 118 Å². The van der Waals surface area contributed by atoms with Gasteiger partial charge in [-0.2, -0.15) is 0 Å². The van der Waals surface area contributed by atoms with Gasteiger partial charge in [0, 0.05) is 6.08 Å². The lowest BCUT2D eigenvalue weighted by Crippen LogP contribution is -2.14. The van der Waals surface area contributed by atoms with Crippen LogP contribution in [0.15, 0.2) is 97.6 Å². The number of benzene rings is 3. The smallest absolute Gasteiger partial charge is 0.343 e. The molecule has 0 unspecified atom stereocenters. The fourth-order valence-electron chi connectivity index (χ4n) is 3.13. The Bertz CT molecular complexity index is 1280. The predicted octanol–water partition coefficient (Wildman–Crippen LogP) is 4.15. The molecule has 0 radical (unpaired) electrons. The van der Waals surface area contributed by atoms with Crippen LogP contribution in [0.3, 0.4) is 0 Å². The average molecular weight is 533 g/mol. The minimum atomic E-state index is -0.657. The van der Waals surface area contributed by atoms with E-state index < -0.39 is 24.5 Å². The number of ether oxygens (including phenoxy) is 5. The zero-order valence-corrected chi connectivity index (χ0v) is 21.2. The van der Waals surface area contributed by atoms with E-state index >= 15 is 0 Å². The number of carbonyl (C=O) groups is 3. The van der Waals surface area contributed by atoms with E-state index in [2.05, 4.69) is 13.2 Å². The van der Waals surface area contributed by atoms with E-state index in [1.807, 2.05) is 24.3 Å². The van der Waals surface area contributed by atoms with Crippen LogP contribution in [0.5, 0.6) is 17.2 Å². The van der Waals surface area contributed by atoms with E-state index in [0.717, 1.165) is 17.2 Å². The van der Waals surface area contributed by atoms with Crippen molar-refractivity contribution < 1.29 is 43.2 Å². The summed E-state index contributed by atoms with van der Waals surface area (Å²) in [6.45, 7) is 6.71. The van der Waals surface area contributed by atoms with Gasteiger partial charge in [-0.3, -0.25) is 0 Å². The maximum absolute atomic E-state index is 12.5. The molecule has 0 saturated carbocycles. The number of aliphatic hydroxyl groups excluding tert-OH is 1. The SMILES string of the molecule is C=CC(=O)OCCOc1ccc(C(=O)Oc2ccc(-c3ccc(OCCOC(=O)C(=C)CO)cc3)cc2)cc1. The third kappa shape index (κ3) is 9.17. The predicted molar refractivity (Wildman–Crippen MR) is 143 cm³/mol. The number of esters is 3. The molecule has 3 rings (SSSR count). The Balaban J connectivity index is 1.45. The molecule has 9 nitrogen and oxygen atoms in total. The second-order valence-electron chi connectivity index (χ2n) is 7.93. The van der Waals surface area contributed by atoms with Crippen LogP contribution >= 0.6 is 0 Å². The third-order valence-corrected chi connectivity index (χ3v) is 5.17. The third-order valence-electron chi connectivity index (χ3n) is 5.17. The number of hydrogen-bond acceptors (Lipinski definition) is 9. The van der Waals surface area contributed by atoms with Crippen molar-refractivity contribution in [3.8, 4) is 28.4 Å². The molecule has 0 fully saturated rings. The molecule has 0 aliphatic heterocycles. The van der Waals surface area contributed by atoms with Gasteiger partial charge in [0.25, 0.3) is 0 Å². The molecule has 202 valence electrons. The molecule has 0 aromatic heterocycles.